The third kappa shape index (κ3) is 5.00. The number of hydrogen-bond acceptors (Lipinski definition) is 4. The van der Waals surface area contributed by atoms with Crippen molar-refractivity contribution in [2.75, 3.05) is 10.8 Å². The molecule has 0 saturated heterocycles. The Balaban J connectivity index is 1.59. The van der Waals surface area contributed by atoms with Crippen LogP contribution in [0.25, 0.3) is 10.8 Å². The van der Waals surface area contributed by atoms with Crippen LogP contribution >= 0.6 is 0 Å². The van der Waals surface area contributed by atoms with Gasteiger partial charge in [0.25, 0.3) is 15.9 Å². The first-order chi connectivity index (χ1) is 16.4. The molecular weight excluding hydrogens is 446 g/mol. The number of nitrogens with zero attached hydrogens (tertiary/aromatic N) is 2. The third-order valence-corrected chi connectivity index (χ3v) is 7.27. The average molecular weight is 472 g/mol. The smallest absolute Gasteiger partial charge is 0.264 e. The maximum Gasteiger partial charge on any atom is 0.264 e. The van der Waals surface area contributed by atoms with E-state index in [0.717, 1.165) is 31.8 Å². The fraction of sp³-hybridized carbons (Fsp3) is 0.111. The van der Waals surface area contributed by atoms with Gasteiger partial charge in [0.15, 0.2) is 0 Å². The van der Waals surface area contributed by atoms with Crippen molar-refractivity contribution in [3.8, 4) is 0 Å². The number of hydrazone groups is 1. The number of carbonyl (C=O) groups is 1. The molecule has 0 fully saturated rings. The van der Waals surface area contributed by atoms with Gasteiger partial charge in [0.2, 0.25) is 0 Å². The molecule has 4 aromatic rings. The number of hydrogen-bond donors (Lipinski definition) is 1. The quantitative estimate of drug-likeness (QED) is 0.311. The maximum absolute atomic E-state index is 13.5. The number of fused-ring (bicyclic) bond motifs is 1. The summed E-state index contributed by atoms with van der Waals surface area (Å²) in [4.78, 5) is 12.9. The van der Waals surface area contributed by atoms with Crippen LogP contribution < -0.4 is 9.73 Å². The molecule has 0 aliphatic carbocycles. The summed E-state index contributed by atoms with van der Waals surface area (Å²) in [5.74, 6) is -0.546. The molecule has 4 rings (SSSR count). The van der Waals surface area contributed by atoms with Crippen LogP contribution in [-0.4, -0.2) is 27.1 Å². The normalized spacial score (nSPS) is 11.6. The van der Waals surface area contributed by atoms with Gasteiger partial charge in [0.1, 0.15) is 6.54 Å². The Kier molecular flexibility index (Phi) is 6.75. The van der Waals surface area contributed by atoms with E-state index in [0.29, 0.717) is 5.69 Å². The van der Waals surface area contributed by atoms with Gasteiger partial charge in [0, 0.05) is 5.56 Å². The Bertz CT molecular complexity index is 1460. The van der Waals surface area contributed by atoms with Crippen molar-refractivity contribution in [2.24, 2.45) is 5.10 Å². The number of benzene rings is 4. The molecule has 0 bridgehead atoms. The predicted molar refractivity (Wildman–Crippen MR) is 137 cm³/mol. The lowest BCUT2D eigenvalue weighted by Crippen LogP contribution is -2.40. The van der Waals surface area contributed by atoms with Crippen LogP contribution in [0.2, 0.25) is 0 Å². The minimum Gasteiger partial charge on any atom is -0.271 e. The predicted octanol–water partition coefficient (Wildman–Crippen LogP) is 4.80. The molecule has 172 valence electrons. The van der Waals surface area contributed by atoms with Crippen LogP contribution in [0.4, 0.5) is 5.69 Å². The highest BCUT2D eigenvalue weighted by atomic mass is 32.2. The molecule has 4 aromatic carbocycles. The van der Waals surface area contributed by atoms with E-state index in [4.69, 9.17) is 0 Å². The molecule has 0 heterocycles. The number of nitrogens with one attached hydrogen (secondary N) is 1. The van der Waals surface area contributed by atoms with Gasteiger partial charge >= 0.3 is 0 Å². The molecule has 0 saturated carbocycles. The van der Waals surface area contributed by atoms with Crippen molar-refractivity contribution >= 4 is 38.6 Å². The van der Waals surface area contributed by atoms with Crippen molar-refractivity contribution < 1.29 is 13.2 Å². The van der Waals surface area contributed by atoms with Crippen molar-refractivity contribution in [2.45, 2.75) is 18.7 Å². The first-order valence-corrected chi connectivity index (χ1v) is 12.2. The van der Waals surface area contributed by atoms with Gasteiger partial charge in [-0.15, -0.1) is 0 Å². The van der Waals surface area contributed by atoms with E-state index >= 15 is 0 Å². The van der Waals surface area contributed by atoms with Crippen molar-refractivity contribution in [3.05, 3.63) is 108 Å². The summed E-state index contributed by atoms with van der Waals surface area (Å²) in [6.07, 6.45) is 1.56. The summed E-state index contributed by atoms with van der Waals surface area (Å²) in [5.41, 5.74) is 5.45. The Morgan fingerprint density at radius 3 is 2.32 bits per heavy atom. The molecule has 6 nitrogen and oxygen atoms in total. The van der Waals surface area contributed by atoms with Gasteiger partial charge in [-0.05, 0) is 48.4 Å². The van der Waals surface area contributed by atoms with Crippen LogP contribution in [-0.2, 0) is 14.8 Å². The van der Waals surface area contributed by atoms with E-state index in [2.05, 4.69) is 10.5 Å². The lowest BCUT2D eigenvalue weighted by atomic mass is 10.1. The standard InChI is InChI=1S/C27H25N3O3S/c1-20-14-16-24(17-15-20)34(32,33)30(26-13-6-3-8-21(26)2)19-27(31)29-28-18-23-11-7-10-22-9-4-5-12-25(22)23/h3-18H,19H2,1-2H3,(H,29,31)/b28-18-. The molecule has 1 amide bonds. The third-order valence-electron chi connectivity index (χ3n) is 5.50. The topological polar surface area (TPSA) is 78.8 Å². The summed E-state index contributed by atoms with van der Waals surface area (Å²) in [6, 6.07) is 27.3. The lowest BCUT2D eigenvalue weighted by Gasteiger charge is -2.25. The Labute approximate surface area is 199 Å². The number of sulfonamides is 1. The van der Waals surface area contributed by atoms with Crippen LogP contribution in [0.5, 0.6) is 0 Å². The van der Waals surface area contributed by atoms with Gasteiger partial charge < -0.3 is 0 Å². The van der Waals surface area contributed by atoms with Crippen molar-refractivity contribution in [3.63, 3.8) is 0 Å². The highest BCUT2D eigenvalue weighted by Gasteiger charge is 2.28. The van der Waals surface area contributed by atoms with Crippen LogP contribution in [0.1, 0.15) is 16.7 Å². The first-order valence-electron chi connectivity index (χ1n) is 10.8. The molecule has 0 radical (unpaired) electrons. The van der Waals surface area contributed by atoms with Crippen LogP contribution in [0.3, 0.4) is 0 Å². The van der Waals surface area contributed by atoms with E-state index in [1.165, 1.54) is 0 Å². The number of para-hydroxylation sites is 1. The fourth-order valence-corrected chi connectivity index (χ4v) is 5.17. The van der Waals surface area contributed by atoms with E-state index in [1.807, 2.05) is 68.4 Å². The molecule has 1 N–H and O–H groups in total. The fourth-order valence-electron chi connectivity index (χ4n) is 3.68. The summed E-state index contributed by atoms with van der Waals surface area (Å²) >= 11 is 0. The summed E-state index contributed by atoms with van der Waals surface area (Å²) in [6.45, 7) is 3.29. The van der Waals surface area contributed by atoms with E-state index in [-0.39, 0.29) is 4.90 Å². The van der Waals surface area contributed by atoms with Gasteiger partial charge in [-0.25, -0.2) is 13.8 Å². The molecule has 0 aromatic heterocycles. The Morgan fingerprint density at radius 1 is 0.882 bits per heavy atom. The SMILES string of the molecule is Cc1ccc(S(=O)(=O)N(CC(=O)N/N=C\c2cccc3ccccc23)c2ccccc2C)cc1. The average Bonchev–Trinajstić information content (AvgIpc) is 2.83. The zero-order valence-corrected chi connectivity index (χ0v) is 19.8. The number of aryl methyl sites for hydroxylation is 2. The summed E-state index contributed by atoms with van der Waals surface area (Å²) in [7, 11) is -3.97. The minimum atomic E-state index is -3.97. The number of carbonyl (C=O) groups excluding carboxylic acids is 1. The van der Waals surface area contributed by atoms with Gasteiger partial charge in [-0.2, -0.15) is 5.10 Å². The van der Waals surface area contributed by atoms with Gasteiger partial charge in [-0.1, -0.05) is 78.4 Å². The van der Waals surface area contributed by atoms with Crippen LogP contribution in [0, 0.1) is 13.8 Å². The molecule has 0 unspecified atom stereocenters. The zero-order valence-electron chi connectivity index (χ0n) is 19.0. The second kappa shape index (κ2) is 9.89. The van der Waals surface area contributed by atoms with Crippen LogP contribution in [0.15, 0.2) is 101 Å². The zero-order chi connectivity index (χ0) is 24.1. The second-order valence-electron chi connectivity index (χ2n) is 7.97. The number of anilines is 1. The molecule has 0 spiro atoms. The molecular formula is C27H25N3O3S. The molecule has 0 aliphatic rings. The monoisotopic (exact) mass is 471 g/mol. The second-order valence-corrected chi connectivity index (χ2v) is 9.84. The number of rotatable bonds is 7. The van der Waals surface area contributed by atoms with Gasteiger partial charge in [0.05, 0.1) is 16.8 Å². The summed E-state index contributed by atoms with van der Waals surface area (Å²) in [5, 5.41) is 6.15. The van der Waals surface area contributed by atoms with Crippen molar-refractivity contribution in [1.82, 2.24) is 5.43 Å². The molecule has 0 aliphatic heterocycles. The minimum absolute atomic E-state index is 0.119. The molecule has 7 heteroatoms. The van der Waals surface area contributed by atoms with E-state index < -0.39 is 22.5 Å². The number of amides is 1. The Morgan fingerprint density at radius 2 is 1.56 bits per heavy atom. The van der Waals surface area contributed by atoms with E-state index in [1.54, 1.807) is 42.6 Å². The first kappa shape index (κ1) is 23.2. The molecule has 0 atom stereocenters. The largest absolute Gasteiger partial charge is 0.271 e. The highest BCUT2D eigenvalue weighted by molar-refractivity contribution is 7.92. The highest BCUT2D eigenvalue weighted by Crippen LogP contribution is 2.26. The Hall–Kier alpha value is -3.97. The van der Waals surface area contributed by atoms with E-state index in [9.17, 15) is 13.2 Å². The van der Waals surface area contributed by atoms with Gasteiger partial charge in [-0.3, -0.25) is 9.10 Å². The summed E-state index contributed by atoms with van der Waals surface area (Å²) < 4.78 is 28.1. The molecule has 34 heavy (non-hydrogen) atoms. The maximum atomic E-state index is 13.5. The van der Waals surface area contributed by atoms with Crippen molar-refractivity contribution in [1.29, 1.82) is 0 Å². The lowest BCUT2D eigenvalue weighted by molar-refractivity contribution is -0.119.